The first-order chi connectivity index (χ1) is 13.4. The summed E-state index contributed by atoms with van der Waals surface area (Å²) in [6.07, 6.45) is 2.28. The molecule has 1 aliphatic carbocycles. The largest absolute Gasteiger partial charge is 0.380 e. The zero-order valence-electron chi connectivity index (χ0n) is 16.3. The highest BCUT2D eigenvalue weighted by Crippen LogP contribution is 2.30. The topological polar surface area (TPSA) is 80.3 Å². The van der Waals surface area contributed by atoms with E-state index < -0.39 is 0 Å². The molecule has 1 aliphatic rings. The normalized spacial score (nSPS) is 13.3. The summed E-state index contributed by atoms with van der Waals surface area (Å²) >= 11 is 3.51. The summed E-state index contributed by atoms with van der Waals surface area (Å²) in [6.45, 7) is 4.68. The predicted molar refractivity (Wildman–Crippen MR) is 112 cm³/mol. The smallest absolute Gasteiger partial charge is 0.270 e. The highest BCUT2D eigenvalue weighted by Gasteiger charge is 2.25. The van der Waals surface area contributed by atoms with Gasteiger partial charge in [-0.05, 0) is 56.4 Å². The van der Waals surface area contributed by atoms with Crippen molar-refractivity contribution < 1.29 is 14.3 Å². The van der Waals surface area contributed by atoms with Crippen LogP contribution < -0.4 is 10.6 Å². The van der Waals surface area contributed by atoms with Crippen LogP contribution in [0.4, 0.5) is 5.69 Å². The second-order valence-electron chi connectivity index (χ2n) is 7.11. The number of carbonyl (C=O) groups is 2. The molecule has 0 spiro atoms. The molecule has 148 valence electrons. The first-order valence-corrected chi connectivity index (χ1v) is 10.0. The molecule has 2 amide bonds. The van der Waals surface area contributed by atoms with Gasteiger partial charge in [0.25, 0.3) is 11.8 Å². The zero-order chi connectivity index (χ0) is 20.3. The zero-order valence-corrected chi connectivity index (χ0v) is 17.9. The van der Waals surface area contributed by atoms with Gasteiger partial charge in [-0.25, -0.2) is 4.98 Å². The SMILES string of the molecule is COCc1c(Br)ccc(C)c1NC(=O)c1ccc(C)nc1C(=O)NCC1CC1. The Morgan fingerprint density at radius 1 is 1.18 bits per heavy atom. The summed E-state index contributed by atoms with van der Waals surface area (Å²) < 4.78 is 6.12. The van der Waals surface area contributed by atoms with Crippen LogP contribution in [0.25, 0.3) is 0 Å². The maximum atomic E-state index is 13.0. The van der Waals surface area contributed by atoms with E-state index in [-0.39, 0.29) is 23.1 Å². The van der Waals surface area contributed by atoms with Gasteiger partial charge < -0.3 is 15.4 Å². The Bertz CT molecular complexity index is 910. The monoisotopic (exact) mass is 445 g/mol. The molecule has 1 aromatic heterocycles. The van der Waals surface area contributed by atoms with Crippen molar-refractivity contribution in [2.24, 2.45) is 5.92 Å². The molecular weight excluding hydrogens is 422 g/mol. The number of pyridine rings is 1. The van der Waals surface area contributed by atoms with Crippen LogP contribution in [0.2, 0.25) is 0 Å². The molecule has 7 heteroatoms. The van der Waals surface area contributed by atoms with Crippen LogP contribution in [0, 0.1) is 19.8 Å². The van der Waals surface area contributed by atoms with Crippen LogP contribution >= 0.6 is 15.9 Å². The molecule has 0 aliphatic heterocycles. The Morgan fingerprint density at radius 2 is 1.93 bits per heavy atom. The number of anilines is 1. The van der Waals surface area contributed by atoms with Gasteiger partial charge in [0, 0.05) is 29.4 Å². The van der Waals surface area contributed by atoms with E-state index in [4.69, 9.17) is 4.74 Å². The number of methoxy groups -OCH3 is 1. The van der Waals surface area contributed by atoms with Crippen molar-refractivity contribution in [3.63, 3.8) is 0 Å². The standard InChI is InChI=1S/C21H24BrN3O3/c1-12-4-9-17(22)16(11-28-3)18(12)25-20(26)15-8-5-13(2)24-19(15)21(27)23-10-14-6-7-14/h4-5,8-9,14H,6-7,10-11H2,1-3H3,(H,23,27)(H,25,26). The lowest BCUT2D eigenvalue weighted by Crippen LogP contribution is -2.29. The second kappa shape index (κ2) is 8.84. The van der Waals surface area contributed by atoms with Gasteiger partial charge in [0.1, 0.15) is 5.69 Å². The number of hydrogen-bond acceptors (Lipinski definition) is 4. The third-order valence-corrected chi connectivity index (χ3v) is 5.48. The third-order valence-electron chi connectivity index (χ3n) is 4.73. The highest BCUT2D eigenvalue weighted by atomic mass is 79.9. The number of nitrogens with one attached hydrogen (secondary N) is 2. The number of nitrogens with zero attached hydrogens (tertiary/aromatic N) is 1. The number of ether oxygens (including phenoxy) is 1. The van der Waals surface area contributed by atoms with Crippen LogP contribution in [-0.2, 0) is 11.3 Å². The molecule has 28 heavy (non-hydrogen) atoms. The lowest BCUT2D eigenvalue weighted by molar-refractivity contribution is 0.0933. The molecule has 1 heterocycles. The summed E-state index contributed by atoms with van der Waals surface area (Å²) in [4.78, 5) is 30.0. The fraction of sp³-hybridized carbons (Fsp3) is 0.381. The molecule has 1 aromatic carbocycles. The van der Waals surface area contributed by atoms with E-state index in [1.165, 1.54) is 0 Å². The van der Waals surface area contributed by atoms with Crippen molar-refractivity contribution in [2.45, 2.75) is 33.3 Å². The molecule has 2 N–H and O–H groups in total. The van der Waals surface area contributed by atoms with Crippen LogP contribution in [0.3, 0.4) is 0 Å². The van der Waals surface area contributed by atoms with Crippen LogP contribution in [-0.4, -0.2) is 30.5 Å². The minimum atomic E-state index is -0.373. The van der Waals surface area contributed by atoms with E-state index >= 15 is 0 Å². The number of hydrogen-bond donors (Lipinski definition) is 2. The van der Waals surface area contributed by atoms with Crippen molar-refractivity contribution in [3.8, 4) is 0 Å². The Hall–Kier alpha value is -2.25. The molecule has 2 aromatic rings. The Labute approximate surface area is 173 Å². The van der Waals surface area contributed by atoms with Gasteiger partial charge in [0.15, 0.2) is 0 Å². The Kier molecular flexibility index (Phi) is 6.46. The van der Waals surface area contributed by atoms with Crippen molar-refractivity contribution in [1.82, 2.24) is 10.3 Å². The summed E-state index contributed by atoms with van der Waals surface area (Å²) in [6, 6.07) is 7.21. The van der Waals surface area contributed by atoms with E-state index in [1.807, 2.05) is 19.1 Å². The molecular formula is C21H24BrN3O3. The number of carbonyl (C=O) groups excluding carboxylic acids is 2. The molecule has 0 saturated heterocycles. The summed E-state index contributed by atoms with van der Waals surface area (Å²) in [5.74, 6) is -0.140. The molecule has 3 rings (SSSR count). The maximum Gasteiger partial charge on any atom is 0.270 e. The van der Waals surface area contributed by atoms with Gasteiger partial charge in [0.05, 0.1) is 17.9 Å². The number of amides is 2. The van der Waals surface area contributed by atoms with Gasteiger partial charge in [0.2, 0.25) is 0 Å². The lowest BCUT2D eigenvalue weighted by Gasteiger charge is -2.16. The summed E-state index contributed by atoms with van der Waals surface area (Å²) in [7, 11) is 1.60. The number of benzene rings is 1. The number of aryl methyl sites for hydroxylation is 2. The molecule has 0 radical (unpaired) electrons. The minimum Gasteiger partial charge on any atom is -0.380 e. The van der Waals surface area contributed by atoms with Crippen LogP contribution in [0.15, 0.2) is 28.7 Å². The van der Waals surface area contributed by atoms with Gasteiger partial charge in [-0.3, -0.25) is 9.59 Å². The van der Waals surface area contributed by atoms with Gasteiger partial charge in [-0.2, -0.15) is 0 Å². The van der Waals surface area contributed by atoms with Crippen molar-refractivity contribution in [1.29, 1.82) is 0 Å². The van der Waals surface area contributed by atoms with E-state index in [0.29, 0.717) is 30.5 Å². The van der Waals surface area contributed by atoms with Crippen LogP contribution in [0.5, 0.6) is 0 Å². The minimum absolute atomic E-state index is 0.152. The molecule has 0 bridgehead atoms. The van der Waals surface area contributed by atoms with Crippen molar-refractivity contribution in [3.05, 3.63) is 56.8 Å². The average molecular weight is 446 g/mol. The lowest BCUT2D eigenvalue weighted by atomic mass is 10.1. The number of rotatable bonds is 7. The summed E-state index contributed by atoms with van der Waals surface area (Å²) in [5.41, 5.74) is 3.51. The molecule has 6 nitrogen and oxygen atoms in total. The Morgan fingerprint density at radius 3 is 2.61 bits per heavy atom. The summed E-state index contributed by atoms with van der Waals surface area (Å²) in [5, 5.41) is 5.83. The predicted octanol–water partition coefficient (Wildman–Crippen LogP) is 4.00. The highest BCUT2D eigenvalue weighted by molar-refractivity contribution is 9.10. The number of aromatic nitrogens is 1. The van der Waals surface area contributed by atoms with Crippen molar-refractivity contribution >= 4 is 33.4 Å². The molecule has 1 fully saturated rings. The van der Waals surface area contributed by atoms with Gasteiger partial charge in [-0.1, -0.05) is 22.0 Å². The first kappa shape index (κ1) is 20.5. The number of halogens is 1. The first-order valence-electron chi connectivity index (χ1n) is 9.24. The molecule has 0 unspecified atom stereocenters. The van der Waals surface area contributed by atoms with Crippen molar-refractivity contribution in [2.75, 3.05) is 19.0 Å². The van der Waals surface area contributed by atoms with E-state index in [2.05, 4.69) is 31.5 Å². The molecule has 1 saturated carbocycles. The van der Waals surface area contributed by atoms with E-state index in [1.54, 1.807) is 26.2 Å². The fourth-order valence-electron chi connectivity index (χ4n) is 2.94. The van der Waals surface area contributed by atoms with Crippen LogP contribution in [0.1, 0.15) is 50.5 Å². The quantitative estimate of drug-likeness (QED) is 0.674. The molecule has 0 atom stereocenters. The average Bonchev–Trinajstić information content (AvgIpc) is 3.49. The van der Waals surface area contributed by atoms with E-state index in [9.17, 15) is 9.59 Å². The van der Waals surface area contributed by atoms with Gasteiger partial charge in [-0.15, -0.1) is 0 Å². The Balaban J connectivity index is 1.89. The second-order valence-corrected chi connectivity index (χ2v) is 7.96. The third kappa shape index (κ3) is 4.77. The van der Waals surface area contributed by atoms with Gasteiger partial charge >= 0.3 is 0 Å². The maximum absolute atomic E-state index is 13.0. The fourth-order valence-corrected chi connectivity index (χ4v) is 3.38. The van der Waals surface area contributed by atoms with E-state index in [0.717, 1.165) is 28.4 Å².